The summed E-state index contributed by atoms with van der Waals surface area (Å²) in [7, 11) is -4.43. The van der Waals surface area contributed by atoms with E-state index in [9.17, 15) is 17.8 Å². The quantitative estimate of drug-likeness (QED) is 0.409. The topological polar surface area (TPSA) is 90.7 Å². The number of halogens is 1. The van der Waals surface area contributed by atoms with E-state index in [1.54, 1.807) is 30.3 Å². The lowest BCUT2D eigenvalue weighted by Crippen LogP contribution is -2.32. The average molecular weight is 429 g/mol. The number of rotatable bonds is 5. The van der Waals surface area contributed by atoms with Crippen molar-refractivity contribution in [3.63, 3.8) is 0 Å². The van der Waals surface area contributed by atoms with Gasteiger partial charge in [0.1, 0.15) is 15.8 Å². The van der Waals surface area contributed by atoms with Gasteiger partial charge in [-0.25, -0.2) is 8.42 Å². The Balaban J connectivity index is 1.78. The Kier molecular flexibility index (Phi) is 5.54. The third-order valence-electron chi connectivity index (χ3n) is 3.45. The minimum Gasteiger partial charge on any atom is -0.748 e. The Labute approximate surface area is 164 Å². The molecule has 1 aliphatic heterocycles. The van der Waals surface area contributed by atoms with Crippen LogP contribution in [0.5, 0.6) is 0 Å². The second kappa shape index (κ2) is 7.53. The molecule has 1 aliphatic rings. The lowest BCUT2D eigenvalue weighted by Gasteiger charge is -2.15. The summed E-state index contributed by atoms with van der Waals surface area (Å²) in [4.78, 5) is 13.7. The van der Waals surface area contributed by atoms with E-state index < -0.39 is 21.8 Å². The molecule has 0 unspecified atom stereocenters. The van der Waals surface area contributed by atoms with Crippen LogP contribution < -0.4 is 0 Å². The van der Waals surface area contributed by atoms with Crippen molar-refractivity contribution in [2.75, 3.05) is 12.3 Å². The molecule has 1 amide bonds. The van der Waals surface area contributed by atoms with Gasteiger partial charge in [0.15, 0.2) is 0 Å². The molecule has 10 heteroatoms. The Morgan fingerprint density at radius 1 is 1.31 bits per heavy atom. The molecule has 1 aromatic carbocycles. The van der Waals surface area contributed by atoms with Crippen molar-refractivity contribution in [2.24, 2.45) is 0 Å². The van der Waals surface area contributed by atoms with E-state index in [0.717, 1.165) is 22.2 Å². The fourth-order valence-corrected chi connectivity index (χ4v) is 4.14. The number of thiocarbonyl (C=S) groups is 1. The van der Waals surface area contributed by atoms with Gasteiger partial charge in [-0.2, -0.15) is 0 Å². The van der Waals surface area contributed by atoms with Gasteiger partial charge in [0, 0.05) is 23.2 Å². The van der Waals surface area contributed by atoms with Crippen LogP contribution in [0.3, 0.4) is 0 Å². The molecule has 0 atom stereocenters. The number of amides is 1. The third kappa shape index (κ3) is 4.54. The maximum absolute atomic E-state index is 12.4. The van der Waals surface area contributed by atoms with E-state index >= 15 is 0 Å². The van der Waals surface area contributed by atoms with Gasteiger partial charge in [0.2, 0.25) is 0 Å². The van der Waals surface area contributed by atoms with Crippen LogP contribution in [0.1, 0.15) is 5.76 Å². The van der Waals surface area contributed by atoms with Gasteiger partial charge >= 0.3 is 0 Å². The number of carbonyl (C=O) groups is 1. The molecule has 1 saturated heterocycles. The largest absolute Gasteiger partial charge is 0.748 e. The number of hydrogen-bond acceptors (Lipinski definition) is 7. The van der Waals surface area contributed by atoms with Gasteiger partial charge in [-0.05, 0) is 24.3 Å². The van der Waals surface area contributed by atoms with Crippen molar-refractivity contribution in [2.45, 2.75) is 0 Å². The number of nitrogens with zero attached hydrogens (tertiary/aromatic N) is 1. The summed E-state index contributed by atoms with van der Waals surface area (Å²) in [5, 5.41) is 0.578. The zero-order chi connectivity index (χ0) is 18.9. The van der Waals surface area contributed by atoms with E-state index in [1.165, 1.54) is 6.08 Å². The first-order valence-electron chi connectivity index (χ1n) is 7.28. The van der Waals surface area contributed by atoms with E-state index in [1.807, 2.05) is 6.07 Å². The molecule has 0 radical (unpaired) electrons. The summed E-state index contributed by atoms with van der Waals surface area (Å²) in [5.74, 6) is -0.111. The number of benzene rings is 1. The fraction of sp³-hybridized carbons (Fsp3) is 0.125. The summed E-state index contributed by atoms with van der Waals surface area (Å²) < 4.78 is 38.2. The Morgan fingerprint density at radius 3 is 2.77 bits per heavy atom. The fourth-order valence-electron chi connectivity index (χ4n) is 2.25. The molecular weight excluding hydrogens is 418 g/mol. The highest BCUT2D eigenvalue weighted by molar-refractivity contribution is 8.26. The molecule has 2 aromatic rings. The average Bonchev–Trinajstić information content (AvgIpc) is 3.11. The minimum absolute atomic E-state index is 0.200. The molecule has 0 spiro atoms. The summed E-state index contributed by atoms with van der Waals surface area (Å²) >= 11 is 12.1. The number of furan rings is 1. The maximum atomic E-state index is 12.4. The lowest BCUT2D eigenvalue weighted by atomic mass is 10.2. The summed E-state index contributed by atoms with van der Waals surface area (Å²) in [6.07, 6.45) is 1.53. The van der Waals surface area contributed by atoms with E-state index in [0.29, 0.717) is 21.4 Å². The molecule has 2 heterocycles. The van der Waals surface area contributed by atoms with Gasteiger partial charge in [-0.3, -0.25) is 9.69 Å². The van der Waals surface area contributed by atoms with Crippen molar-refractivity contribution < 1.29 is 22.2 Å². The molecule has 6 nitrogen and oxygen atoms in total. The second-order valence-electron chi connectivity index (χ2n) is 5.31. The van der Waals surface area contributed by atoms with Gasteiger partial charge in [-0.15, -0.1) is 0 Å². The predicted molar refractivity (Wildman–Crippen MR) is 104 cm³/mol. The Morgan fingerprint density at radius 2 is 2.08 bits per heavy atom. The summed E-state index contributed by atoms with van der Waals surface area (Å²) in [6.45, 7) is -0.264. The number of carbonyl (C=O) groups excluding carboxylic acids is 1. The first-order chi connectivity index (χ1) is 12.2. The first-order valence-corrected chi connectivity index (χ1v) is 10.5. The maximum Gasteiger partial charge on any atom is 0.266 e. The monoisotopic (exact) mass is 428 g/mol. The Hall–Kier alpha value is -1.65. The van der Waals surface area contributed by atoms with Crippen LogP contribution in [0.2, 0.25) is 5.02 Å². The predicted octanol–water partition coefficient (Wildman–Crippen LogP) is 3.35. The van der Waals surface area contributed by atoms with Crippen LogP contribution in [0.15, 0.2) is 45.7 Å². The minimum atomic E-state index is -4.43. The SMILES string of the molecule is O=C1/C(=C/c2ccc(-c3cccc(Cl)c3)o2)SC(=S)N1CCS(=O)(=O)[O-]. The first kappa shape index (κ1) is 19.1. The molecule has 0 saturated carbocycles. The van der Waals surface area contributed by atoms with Crippen molar-refractivity contribution >= 4 is 62.0 Å². The van der Waals surface area contributed by atoms with Crippen molar-refractivity contribution in [1.82, 2.24) is 4.90 Å². The van der Waals surface area contributed by atoms with E-state index in [2.05, 4.69) is 0 Å². The highest BCUT2D eigenvalue weighted by Gasteiger charge is 2.32. The molecule has 1 fully saturated rings. The normalized spacial score (nSPS) is 16.7. The van der Waals surface area contributed by atoms with Crippen molar-refractivity contribution in [3.05, 3.63) is 52.1 Å². The van der Waals surface area contributed by atoms with Gasteiger partial charge < -0.3 is 8.97 Å². The van der Waals surface area contributed by atoms with Gasteiger partial charge in [-0.1, -0.05) is 47.7 Å². The van der Waals surface area contributed by atoms with Crippen molar-refractivity contribution in [1.29, 1.82) is 0 Å². The van der Waals surface area contributed by atoms with Crippen LogP contribution >= 0.6 is 35.6 Å². The van der Waals surface area contributed by atoms with Crippen LogP contribution in [0, 0.1) is 0 Å². The molecule has 0 bridgehead atoms. The number of hydrogen-bond donors (Lipinski definition) is 0. The van der Waals surface area contributed by atoms with Gasteiger partial charge in [0.05, 0.1) is 20.8 Å². The van der Waals surface area contributed by atoms with Crippen LogP contribution in [-0.4, -0.2) is 40.4 Å². The molecule has 1 aromatic heterocycles. The van der Waals surface area contributed by atoms with E-state index in [4.69, 9.17) is 28.2 Å². The molecule has 3 rings (SSSR count). The zero-order valence-electron chi connectivity index (χ0n) is 13.0. The van der Waals surface area contributed by atoms with Crippen LogP contribution in [0.25, 0.3) is 17.4 Å². The lowest BCUT2D eigenvalue weighted by molar-refractivity contribution is -0.121. The van der Waals surface area contributed by atoms with Gasteiger partial charge in [0.25, 0.3) is 5.91 Å². The summed E-state index contributed by atoms with van der Waals surface area (Å²) in [5.41, 5.74) is 0.797. The molecule has 0 aliphatic carbocycles. The second-order valence-corrected chi connectivity index (χ2v) is 8.94. The molecular formula is C16H11ClNO5S3-. The molecule has 136 valence electrons. The Bertz CT molecular complexity index is 1010. The van der Waals surface area contributed by atoms with E-state index in [-0.39, 0.29) is 10.9 Å². The molecule has 26 heavy (non-hydrogen) atoms. The number of thioether (sulfide) groups is 1. The van der Waals surface area contributed by atoms with Crippen molar-refractivity contribution in [3.8, 4) is 11.3 Å². The van der Waals surface area contributed by atoms with Crippen LogP contribution in [-0.2, 0) is 14.9 Å². The standard InChI is InChI=1S/C16H12ClNO5S3/c17-11-3-1-2-10(8-11)13-5-4-12(23-13)9-14-15(19)18(16(24)25-14)6-7-26(20,21)22/h1-5,8-9H,6-7H2,(H,20,21,22)/p-1/b14-9-. The molecule has 0 N–H and O–H groups in total. The zero-order valence-corrected chi connectivity index (χ0v) is 16.3. The highest BCUT2D eigenvalue weighted by Crippen LogP contribution is 2.33. The highest BCUT2D eigenvalue weighted by atomic mass is 35.5. The summed E-state index contributed by atoms with van der Waals surface area (Å²) in [6, 6.07) is 10.6. The van der Waals surface area contributed by atoms with Crippen LogP contribution in [0.4, 0.5) is 0 Å². The third-order valence-corrected chi connectivity index (χ3v) is 5.74. The smallest absolute Gasteiger partial charge is 0.266 e.